The Labute approximate surface area is 142 Å². The Balaban J connectivity index is 1.65. The summed E-state index contributed by atoms with van der Waals surface area (Å²) >= 11 is 6.26. The summed E-state index contributed by atoms with van der Waals surface area (Å²) in [4.78, 5) is 18.8. The van der Waals surface area contributed by atoms with Crippen LogP contribution in [0.2, 0.25) is 5.02 Å². The molecule has 3 rings (SSSR count). The van der Waals surface area contributed by atoms with Crippen LogP contribution < -0.4 is 10.2 Å². The van der Waals surface area contributed by atoms with Crippen LogP contribution in [0.1, 0.15) is 6.42 Å². The zero-order valence-electron chi connectivity index (χ0n) is 13.6. The fourth-order valence-electron chi connectivity index (χ4n) is 3.28. The van der Waals surface area contributed by atoms with Gasteiger partial charge in [-0.05, 0) is 18.6 Å². The minimum atomic E-state index is -0.0509. The summed E-state index contributed by atoms with van der Waals surface area (Å²) < 4.78 is 0. The number of carbonyl (C=O) groups excluding carboxylic acids is 1. The van der Waals surface area contributed by atoms with Crippen LogP contribution in [-0.4, -0.2) is 62.1 Å². The van der Waals surface area contributed by atoms with E-state index in [1.54, 1.807) is 0 Å². The number of hydrogen-bond acceptors (Lipinski definition) is 3. The predicted molar refractivity (Wildman–Crippen MR) is 95.5 cm³/mol. The lowest BCUT2D eigenvalue weighted by molar-refractivity contribution is 0.212. The molecule has 0 saturated carbocycles. The lowest BCUT2D eigenvalue weighted by Crippen LogP contribution is -2.39. The molecule has 1 aromatic rings. The smallest absolute Gasteiger partial charge is 0.321 e. The summed E-state index contributed by atoms with van der Waals surface area (Å²) in [7, 11) is 3.84. The third-order valence-electron chi connectivity index (χ3n) is 4.49. The molecule has 1 aromatic carbocycles. The fraction of sp³-hybridized carbons (Fsp3) is 0.471. The molecular formula is C17H23ClN4O. The second-order valence-electron chi connectivity index (χ2n) is 6.27. The predicted octanol–water partition coefficient (Wildman–Crippen LogP) is 2.88. The monoisotopic (exact) mass is 334 g/mol. The molecule has 2 aliphatic rings. The Kier molecular flexibility index (Phi) is 4.78. The van der Waals surface area contributed by atoms with E-state index >= 15 is 0 Å². The molecule has 1 saturated heterocycles. The van der Waals surface area contributed by atoms with Gasteiger partial charge in [0.1, 0.15) is 0 Å². The van der Waals surface area contributed by atoms with E-state index < -0.39 is 0 Å². The van der Waals surface area contributed by atoms with Crippen molar-refractivity contribution in [3.05, 3.63) is 35.4 Å². The topological polar surface area (TPSA) is 38.8 Å². The largest absolute Gasteiger partial charge is 0.375 e. The van der Waals surface area contributed by atoms with Crippen LogP contribution in [0, 0.1) is 0 Å². The molecule has 2 aliphatic heterocycles. The normalized spacial score (nSPS) is 21.0. The number of rotatable bonds is 3. The Bertz CT molecular complexity index is 609. The molecule has 0 spiro atoms. The van der Waals surface area contributed by atoms with Crippen molar-refractivity contribution in [2.75, 3.05) is 50.5 Å². The minimum absolute atomic E-state index is 0.0509. The quantitative estimate of drug-likeness (QED) is 0.864. The summed E-state index contributed by atoms with van der Waals surface area (Å²) in [6, 6.07) is 5.98. The van der Waals surface area contributed by atoms with Crippen LogP contribution >= 0.6 is 11.6 Å². The maximum atomic E-state index is 12.6. The van der Waals surface area contributed by atoms with Gasteiger partial charge in [-0.1, -0.05) is 29.8 Å². The Hall–Kier alpha value is -1.72. The molecule has 1 N–H and O–H groups in total. The van der Waals surface area contributed by atoms with E-state index in [0.717, 1.165) is 44.0 Å². The van der Waals surface area contributed by atoms with Crippen molar-refractivity contribution in [1.82, 2.24) is 9.80 Å². The first-order valence-corrected chi connectivity index (χ1v) is 8.35. The van der Waals surface area contributed by atoms with Crippen molar-refractivity contribution < 1.29 is 4.79 Å². The maximum Gasteiger partial charge on any atom is 0.321 e. The third kappa shape index (κ3) is 3.46. The van der Waals surface area contributed by atoms with Gasteiger partial charge >= 0.3 is 6.03 Å². The Morgan fingerprint density at radius 3 is 2.74 bits per heavy atom. The van der Waals surface area contributed by atoms with Crippen molar-refractivity contribution in [1.29, 1.82) is 0 Å². The highest BCUT2D eigenvalue weighted by atomic mass is 35.5. The summed E-state index contributed by atoms with van der Waals surface area (Å²) in [5, 5.41) is 3.65. The van der Waals surface area contributed by atoms with Gasteiger partial charge in [0.15, 0.2) is 0 Å². The molecule has 0 bridgehead atoms. The number of amides is 2. The Morgan fingerprint density at radius 2 is 2.04 bits per heavy atom. The lowest BCUT2D eigenvalue weighted by Gasteiger charge is -2.25. The standard InChI is InChI=1S/C17H23ClN4O/c1-20(2)16-14(18)6-5-7-15(16)19-17(23)22-11-8-13(12-22)21-9-3-4-10-21/h3-7,13H,8-12H2,1-2H3,(H,19,23)/t13-/m0/s1. The van der Waals surface area contributed by atoms with Crippen LogP contribution in [0.15, 0.2) is 30.4 Å². The average Bonchev–Trinajstić information content (AvgIpc) is 3.18. The van der Waals surface area contributed by atoms with Crippen molar-refractivity contribution in [2.45, 2.75) is 12.5 Å². The Morgan fingerprint density at radius 1 is 1.30 bits per heavy atom. The van der Waals surface area contributed by atoms with Gasteiger partial charge in [0.05, 0.1) is 16.4 Å². The molecule has 0 aromatic heterocycles. The van der Waals surface area contributed by atoms with Gasteiger partial charge in [-0.25, -0.2) is 4.79 Å². The molecular weight excluding hydrogens is 312 g/mol. The van der Waals surface area contributed by atoms with Gasteiger partial charge in [-0.3, -0.25) is 4.90 Å². The second-order valence-corrected chi connectivity index (χ2v) is 6.68. The van der Waals surface area contributed by atoms with E-state index in [-0.39, 0.29) is 6.03 Å². The first kappa shape index (κ1) is 16.1. The van der Waals surface area contributed by atoms with E-state index in [9.17, 15) is 4.79 Å². The molecule has 1 atom stereocenters. The first-order valence-electron chi connectivity index (χ1n) is 7.97. The van der Waals surface area contributed by atoms with Crippen molar-refractivity contribution in [3.63, 3.8) is 0 Å². The van der Waals surface area contributed by atoms with Gasteiger partial charge in [-0.2, -0.15) is 0 Å². The number of likely N-dealkylation sites (tertiary alicyclic amines) is 1. The van der Waals surface area contributed by atoms with Crippen molar-refractivity contribution in [2.24, 2.45) is 0 Å². The molecule has 23 heavy (non-hydrogen) atoms. The van der Waals surface area contributed by atoms with Gasteiger partial charge < -0.3 is 15.1 Å². The van der Waals surface area contributed by atoms with E-state index in [1.807, 2.05) is 42.1 Å². The van der Waals surface area contributed by atoms with Crippen LogP contribution in [0.3, 0.4) is 0 Å². The molecule has 0 aliphatic carbocycles. The third-order valence-corrected chi connectivity index (χ3v) is 4.79. The summed E-state index contributed by atoms with van der Waals surface area (Å²) in [6.07, 6.45) is 5.42. The number of para-hydroxylation sites is 1. The molecule has 5 nitrogen and oxygen atoms in total. The molecule has 0 unspecified atom stereocenters. The van der Waals surface area contributed by atoms with E-state index in [1.165, 1.54) is 0 Å². The molecule has 1 fully saturated rings. The van der Waals surface area contributed by atoms with Crippen LogP contribution in [0.4, 0.5) is 16.2 Å². The summed E-state index contributed by atoms with van der Waals surface area (Å²) in [6.45, 7) is 3.58. The fourth-order valence-corrected chi connectivity index (χ4v) is 3.63. The maximum absolute atomic E-state index is 12.6. The van der Waals surface area contributed by atoms with E-state index in [0.29, 0.717) is 11.1 Å². The highest BCUT2D eigenvalue weighted by Gasteiger charge is 2.30. The molecule has 6 heteroatoms. The number of nitrogens with zero attached hydrogens (tertiary/aromatic N) is 3. The number of anilines is 2. The summed E-state index contributed by atoms with van der Waals surface area (Å²) in [5.41, 5.74) is 1.58. The molecule has 2 amide bonds. The van der Waals surface area contributed by atoms with Gasteiger partial charge in [0.25, 0.3) is 0 Å². The number of nitrogens with one attached hydrogen (secondary N) is 1. The number of carbonyl (C=O) groups is 1. The van der Waals surface area contributed by atoms with Crippen LogP contribution in [-0.2, 0) is 0 Å². The van der Waals surface area contributed by atoms with Crippen molar-refractivity contribution in [3.8, 4) is 0 Å². The van der Waals surface area contributed by atoms with Crippen LogP contribution in [0.5, 0.6) is 0 Å². The minimum Gasteiger partial charge on any atom is -0.375 e. The number of urea groups is 1. The highest BCUT2D eigenvalue weighted by molar-refractivity contribution is 6.34. The zero-order valence-corrected chi connectivity index (χ0v) is 14.4. The number of benzene rings is 1. The zero-order chi connectivity index (χ0) is 16.4. The molecule has 2 heterocycles. The molecule has 124 valence electrons. The van der Waals surface area contributed by atoms with E-state index in [4.69, 9.17) is 11.6 Å². The van der Waals surface area contributed by atoms with Gasteiger partial charge in [0, 0.05) is 46.3 Å². The molecule has 0 radical (unpaired) electrons. The van der Waals surface area contributed by atoms with Gasteiger partial charge in [0.2, 0.25) is 0 Å². The van der Waals surface area contributed by atoms with Crippen LogP contribution in [0.25, 0.3) is 0 Å². The van der Waals surface area contributed by atoms with Crippen molar-refractivity contribution >= 4 is 29.0 Å². The lowest BCUT2D eigenvalue weighted by atomic mass is 10.2. The van der Waals surface area contributed by atoms with E-state index in [2.05, 4.69) is 22.4 Å². The number of halogens is 1. The summed E-state index contributed by atoms with van der Waals surface area (Å²) in [5.74, 6) is 0. The number of hydrogen-bond donors (Lipinski definition) is 1. The SMILES string of the molecule is CN(C)c1c(Cl)cccc1NC(=O)N1CC[C@H](N2CC=CC2)C1. The second kappa shape index (κ2) is 6.81. The average molecular weight is 335 g/mol. The first-order chi connectivity index (χ1) is 11.1. The van der Waals surface area contributed by atoms with Gasteiger partial charge in [-0.15, -0.1) is 0 Å². The highest BCUT2D eigenvalue weighted by Crippen LogP contribution is 2.32.